The van der Waals surface area contributed by atoms with Gasteiger partial charge in [0.15, 0.2) is 0 Å². The number of aryl methyl sites for hydroxylation is 1. The van der Waals surface area contributed by atoms with Crippen LogP contribution in [0.1, 0.15) is 19.2 Å². The summed E-state index contributed by atoms with van der Waals surface area (Å²) in [7, 11) is 0. The van der Waals surface area contributed by atoms with Crippen LogP contribution in [-0.4, -0.2) is 19.5 Å². The summed E-state index contributed by atoms with van der Waals surface area (Å²) in [5.41, 5.74) is 7.85. The van der Waals surface area contributed by atoms with Gasteiger partial charge in [-0.2, -0.15) is 0 Å². The van der Waals surface area contributed by atoms with E-state index in [9.17, 15) is 4.79 Å². The van der Waals surface area contributed by atoms with Crippen molar-refractivity contribution in [3.63, 3.8) is 0 Å². The Morgan fingerprint density at radius 2 is 2.20 bits per heavy atom. The molecule has 0 spiro atoms. The number of aromatic nitrogens is 4. The first-order chi connectivity index (χ1) is 9.70. The van der Waals surface area contributed by atoms with Gasteiger partial charge < -0.3 is 15.3 Å². The summed E-state index contributed by atoms with van der Waals surface area (Å²) < 4.78 is 1.95. The number of benzene rings is 1. The number of nitrogens with zero attached hydrogens (tertiary/aromatic N) is 3. The van der Waals surface area contributed by atoms with E-state index in [-0.39, 0.29) is 5.56 Å². The normalized spacial score (nSPS) is 11.1. The molecule has 0 aliphatic carbocycles. The van der Waals surface area contributed by atoms with E-state index in [4.69, 9.17) is 5.73 Å². The lowest BCUT2D eigenvalue weighted by Gasteiger charge is -2.11. The van der Waals surface area contributed by atoms with E-state index in [2.05, 4.69) is 21.9 Å². The molecule has 3 N–H and O–H groups in total. The molecule has 0 unspecified atom stereocenters. The summed E-state index contributed by atoms with van der Waals surface area (Å²) in [6.07, 6.45) is 6.89. The molecule has 0 fully saturated rings. The van der Waals surface area contributed by atoms with Crippen molar-refractivity contribution in [2.45, 2.75) is 19.8 Å². The van der Waals surface area contributed by atoms with E-state index in [1.54, 1.807) is 12.3 Å². The number of nitrogen functional groups attached to an aromatic ring is 1. The van der Waals surface area contributed by atoms with Gasteiger partial charge in [-0.05, 0) is 18.6 Å². The van der Waals surface area contributed by atoms with Crippen LogP contribution in [0.3, 0.4) is 0 Å². The molecule has 0 bridgehead atoms. The molecule has 6 nitrogen and oxygen atoms in total. The fourth-order valence-electron chi connectivity index (χ4n) is 2.29. The topological polar surface area (TPSA) is 89.6 Å². The first kappa shape index (κ1) is 12.4. The Morgan fingerprint density at radius 3 is 3.00 bits per heavy atom. The standard InChI is InChI=1S/C14H15N5O/c1-2-3-13-16-4-5-19(13)12-7-11-9(6-10(12)15)14(20)18-8-17-11/h4-8H,2-3,15H2,1H3,(H,17,18,20). The van der Waals surface area contributed by atoms with Crippen LogP contribution in [0.2, 0.25) is 0 Å². The Balaban J connectivity index is 2.24. The summed E-state index contributed by atoms with van der Waals surface area (Å²) in [4.78, 5) is 22.8. The molecule has 0 saturated carbocycles. The summed E-state index contributed by atoms with van der Waals surface area (Å²) in [5, 5.41) is 0.492. The molecule has 2 aromatic heterocycles. The van der Waals surface area contributed by atoms with Crippen LogP contribution >= 0.6 is 0 Å². The fourth-order valence-corrected chi connectivity index (χ4v) is 2.29. The van der Waals surface area contributed by atoms with Crippen molar-refractivity contribution in [2.24, 2.45) is 0 Å². The summed E-state index contributed by atoms with van der Waals surface area (Å²) >= 11 is 0. The van der Waals surface area contributed by atoms with E-state index < -0.39 is 0 Å². The van der Waals surface area contributed by atoms with E-state index >= 15 is 0 Å². The van der Waals surface area contributed by atoms with Gasteiger partial charge in [0.2, 0.25) is 0 Å². The van der Waals surface area contributed by atoms with Crippen molar-refractivity contribution in [1.29, 1.82) is 0 Å². The molecule has 2 heterocycles. The molecule has 0 radical (unpaired) electrons. The fraction of sp³-hybridized carbons (Fsp3) is 0.214. The van der Waals surface area contributed by atoms with Crippen LogP contribution in [0.15, 0.2) is 35.6 Å². The summed E-state index contributed by atoms with van der Waals surface area (Å²) in [6.45, 7) is 2.10. The molecule has 0 atom stereocenters. The Hall–Kier alpha value is -2.63. The molecule has 6 heteroatoms. The van der Waals surface area contributed by atoms with Crippen LogP contribution < -0.4 is 11.3 Å². The summed E-state index contributed by atoms with van der Waals surface area (Å²) in [6, 6.07) is 3.48. The molecule has 0 aliphatic rings. The lowest BCUT2D eigenvalue weighted by molar-refractivity contribution is 0.810. The van der Waals surface area contributed by atoms with Gasteiger partial charge in [0.1, 0.15) is 5.82 Å². The van der Waals surface area contributed by atoms with Gasteiger partial charge in [-0.25, -0.2) is 9.97 Å². The van der Waals surface area contributed by atoms with Crippen LogP contribution in [0.4, 0.5) is 5.69 Å². The lowest BCUT2D eigenvalue weighted by Crippen LogP contribution is -2.09. The maximum absolute atomic E-state index is 11.7. The molecular formula is C14H15N5O. The maximum atomic E-state index is 11.7. The van der Waals surface area contributed by atoms with Gasteiger partial charge in [-0.3, -0.25) is 4.79 Å². The zero-order valence-electron chi connectivity index (χ0n) is 11.1. The van der Waals surface area contributed by atoms with Crippen LogP contribution in [0.25, 0.3) is 16.6 Å². The number of anilines is 1. The van der Waals surface area contributed by atoms with Gasteiger partial charge in [0.25, 0.3) is 5.56 Å². The monoisotopic (exact) mass is 269 g/mol. The van der Waals surface area contributed by atoms with Crippen molar-refractivity contribution >= 4 is 16.6 Å². The van der Waals surface area contributed by atoms with Crippen molar-refractivity contribution in [3.8, 4) is 5.69 Å². The first-order valence-electron chi connectivity index (χ1n) is 6.50. The van der Waals surface area contributed by atoms with Gasteiger partial charge in [0, 0.05) is 18.8 Å². The van der Waals surface area contributed by atoms with E-state index in [0.29, 0.717) is 16.6 Å². The smallest absolute Gasteiger partial charge is 0.258 e. The molecule has 0 aliphatic heterocycles. The number of H-pyrrole nitrogens is 1. The van der Waals surface area contributed by atoms with Crippen molar-refractivity contribution in [3.05, 3.63) is 47.0 Å². The third-order valence-corrected chi connectivity index (χ3v) is 3.24. The number of hydrogen-bond donors (Lipinski definition) is 2. The molecule has 102 valence electrons. The van der Waals surface area contributed by atoms with Crippen LogP contribution in [0.5, 0.6) is 0 Å². The number of fused-ring (bicyclic) bond motifs is 1. The second-order valence-corrected chi connectivity index (χ2v) is 4.62. The highest BCUT2D eigenvalue weighted by molar-refractivity contribution is 5.85. The first-order valence-corrected chi connectivity index (χ1v) is 6.50. The predicted molar refractivity (Wildman–Crippen MR) is 77.9 cm³/mol. The third-order valence-electron chi connectivity index (χ3n) is 3.24. The minimum Gasteiger partial charge on any atom is -0.397 e. The zero-order valence-corrected chi connectivity index (χ0v) is 11.1. The van der Waals surface area contributed by atoms with Crippen molar-refractivity contribution in [1.82, 2.24) is 19.5 Å². The van der Waals surface area contributed by atoms with E-state index in [1.807, 2.05) is 16.8 Å². The van der Waals surface area contributed by atoms with Crippen molar-refractivity contribution < 1.29 is 0 Å². The highest BCUT2D eigenvalue weighted by atomic mass is 16.1. The Kier molecular flexibility index (Phi) is 2.98. The largest absolute Gasteiger partial charge is 0.397 e. The average molecular weight is 269 g/mol. The number of imidazole rings is 1. The zero-order chi connectivity index (χ0) is 14.1. The molecule has 3 aromatic rings. The second-order valence-electron chi connectivity index (χ2n) is 4.62. The van der Waals surface area contributed by atoms with Crippen molar-refractivity contribution in [2.75, 3.05) is 5.73 Å². The van der Waals surface area contributed by atoms with E-state index in [1.165, 1.54) is 6.33 Å². The Labute approximate surface area is 115 Å². The molecule has 1 aromatic carbocycles. The number of nitrogens with two attached hydrogens (primary N) is 1. The number of hydrogen-bond acceptors (Lipinski definition) is 4. The van der Waals surface area contributed by atoms with Crippen LogP contribution in [0, 0.1) is 0 Å². The van der Waals surface area contributed by atoms with Crippen LogP contribution in [-0.2, 0) is 6.42 Å². The lowest BCUT2D eigenvalue weighted by atomic mass is 10.2. The number of nitrogens with one attached hydrogen (secondary N) is 1. The van der Waals surface area contributed by atoms with Gasteiger partial charge in [-0.1, -0.05) is 6.92 Å². The molecular weight excluding hydrogens is 254 g/mol. The Morgan fingerprint density at radius 1 is 1.35 bits per heavy atom. The summed E-state index contributed by atoms with van der Waals surface area (Å²) in [5.74, 6) is 0.948. The van der Waals surface area contributed by atoms with E-state index in [0.717, 1.165) is 24.4 Å². The maximum Gasteiger partial charge on any atom is 0.258 e. The second kappa shape index (κ2) is 4.80. The average Bonchev–Trinajstić information content (AvgIpc) is 2.88. The highest BCUT2D eigenvalue weighted by Crippen LogP contribution is 2.23. The molecule has 0 amide bonds. The molecule has 3 rings (SSSR count). The predicted octanol–water partition coefficient (Wildman–Crippen LogP) is 1.64. The molecule has 20 heavy (non-hydrogen) atoms. The minimum absolute atomic E-state index is 0.187. The quantitative estimate of drug-likeness (QED) is 0.707. The highest BCUT2D eigenvalue weighted by Gasteiger charge is 2.10. The molecule has 0 saturated heterocycles. The third kappa shape index (κ3) is 1.95. The Bertz CT molecular complexity index is 818. The van der Waals surface area contributed by atoms with Gasteiger partial charge in [0.05, 0.1) is 28.6 Å². The number of rotatable bonds is 3. The minimum atomic E-state index is -0.187. The van der Waals surface area contributed by atoms with Gasteiger partial charge in [-0.15, -0.1) is 0 Å². The number of aromatic amines is 1. The SMILES string of the molecule is CCCc1nccn1-c1cc2nc[nH]c(=O)c2cc1N. The van der Waals surface area contributed by atoms with Gasteiger partial charge >= 0.3 is 0 Å².